The summed E-state index contributed by atoms with van der Waals surface area (Å²) in [6, 6.07) is 14.3. The van der Waals surface area contributed by atoms with E-state index in [2.05, 4.69) is 17.0 Å². The van der Waals surface area contributed by atoms with Crippen molar-refractivity contribution < 1.29 is 16.8 Å². The molecule has 3 rings (SSSR count). The Kier molecular flexibility index (Phi) is 6.09. The molecule has 0 spiro atoms. The Balaban J connectivity index is 1.83. The summed E-state index contributed by atoms with van der Waals surface area (Å²) in [5.41, 5.74) is 1.77. The molecule has 1 aliphatic rings. The summed E-state index contributed by atoms with van der Waals surface area (Å²) in [5, 5.41) is 5.17. The van der Waals surface area contributed by atoms with E-state index in [1.54, 1.807) is 6.07 Å². The molecule has 0 aromatic heterocycles. The minimum Gasteiger partial charge on any atom is -0.369 e. The van der Waals surface area contributed by atoms with Crippen molar-refractivity contribution in [3.63, 3.8) is 0 Å². The summed E-state index contributed by atoms with van der Waals surface area (Å²) >= 11 is 0. The molecule has 9 heteroatoms. The monoisotopic (exact) mass is 423 g/mol. The summed E-state index contributed by atoms with van der Waals surface area (Å²) in [4.78, 5) is 4.15. The Hall–Kier alpha value is -1.94. The van der Waals surface area contributed by atoms with E-state index in [-0.39, 0.29) is 9.79 Å². The van der Waals surface area contributed by atoms with E-state index in [4.69, 9.17) is 5.14 Å². The van der Waals surface area contributed by atoms with E-state index in [9.17, 15) is 16.8 Å². The summed E-state index contributed by atoms with van der Waals surface area (Å²) in [5.74, 6) is 0. The van der Waals surface area contributed by atoms with Gasteiger partial charge in [0.1, 0.15) is 0 Å². The molecule has 0 radical (unpaired) electrons. The molecule has 0 amide bonds. The van der Waals surface area contributed by atoms with Crippen LogP contribution in [0.15, 0.2) is 58.3 Å². The number of hydrogen-bond donors (Lipinski definition) is 1. The van der Waals surface area contributed by atoms with Crippen molar-refractivity contribution in [2.24, 2.45) is 5.14 Å². The van der Waals surface area contributed by atoms with Crippen LogP contribution in [0.5, 0.6) is 0 Å². The molecular formula is C19H25N3O4S2. The smallest absolute Gasteiger partial charge is 0.238 e. The minimum absolute atomic E-state index is 0.00413. The quantitative estimate of drug-likeness (QED) is 0.781. The first-order valence-corrected chi connectivity index (χ1v) is 12.5. The molecule has 1 aliphatic heterocycles. The fourth-order valence-electron chi connectivity index (χ4n) is 3.44. The summed E-state index contributed by atoms with van der Waals surface area (Å²) in [7, 11) is -7.59. The van der Waals surface area contributed by atoms with Gasteiger partial charge in [-0.1, -0.05) is 30.3 Å². The first-order chi connectivity index (χ1) is 13.1. The number of nitrogens with two attached hydrogens (primary N) is 1. The SMILES string of the molecule is CS(=O)(=O)c1cc(S(N)(=O)=O)ccc1N1CCCN(Cc2ccccc2)CC1. The van der Waals surface area contributed by atoms with Crippen LogP contribution in [0.3, 0.4) is 0 Å². The largest absolute Gasteiger partial charge is 0.369 e. The molecule has 2 N–H and O–H groups in total. The van der Waals surface area contributed by atoms with E-state index >= 15 is 0 Å². The molecule has 0 saturated carbocycles. The predicted octanol–water partition coefficient (Wildman–Crippen LogP) is 1.45. The summed E-state index contributed by atoms with van der Waals surface area (Å²) < 4.78 is 47.9. The first kappa shape index (κ1) is 20.8. The predicted molar refractivity (Wildman–Crippen MR) is 109 cm³/mol. The van der Waals surface area contributed by atoms with Crippen LogP contribution in [0.25, 0.3) is 0 Å². The average Bonchev–Trinajstić information content (AvgIpc) is 2.86. The van der Waals surface area contributed by atoms with Gasteiger partial charge in [-0.3, -0.25) is 4.90 Å². The molecule has 1 fully saturated rings. The van der Waals surface area contributed by atoms with Crippen molar-refractivity contribution in [3.8, 4) is 0 Å². The third kappa shape index (κ3) is 5.11. The molecule has 28 heavy (non-hydrogen) atoms. The van der Waals surface area contributed by atoms with Crippen LogP contribution >= 0.6 is 0 Å². The first-order valence-electron chi connectivity index (χ1n) is 9.03. The number of sulfonamides is 1. The molecule has 2 aromatic rings. The van der Waals surface area contributed by atoms with Crippen molar-refractivity contribution in [2.45, 2.75) is 22.8 Å². The second-order valence-electron chi connectivity index (χ2n) is 7.05. The summed E-state index contributed by atoms with van der Waals surface area (Å²) in [6.45, 7) is 3.90. The highest BCUT2D eigenvalue weighted by Crippen LogP contribution is 2.29. The van der Waals surface area contributed by atoms with Gasteiger partial charge in [-0.15, -0.1) is 0 Å². The lowest BCUT2D eigenvalue weighted by atomic mass is 10.2. The van der Waals surface area contributed by atoms with Crippen LogP contribution in [0.4, 0.5) is 5.69 Å². The number of rotatable bonds is 5. The maximum atomic E-state index is 12.3. The van der Waals surface area contributed by atoms with Gasteiger partial charge in [-0.25, -0.2) is 22.0 Å². The summed E-state index contributed by atoms with van der Waals surface area (Å²) in [6.07, 6.45) is 1.96. The number of nitrogens with zero attached hydrogens (tertiary/aromatic N) is 2. The van der Waals surface area contributed by atoms with Crippen molar-refractivity contribution in [2.75, 3.05) is 37.3 Å². The second-order valence-corrected chi connectivity index (χ2v) is 10.6. The van der Waals surface area contributed by atoms with Crippen LogP contribution in [-0.2, 0) is 26.4 Å². The number of benzene rings is 2. The van der Waals surface area contributed by atoms with E-state index in [1.807, 2.05) is 23.1 Å². The van der Waals surface area contributed by atoms with Gasteiger partial charge < -0.3 is 4.90 Å². The maximum Gasteiger partial charge on any atom is 0.238 e. The minimum atomic E-state index is -3.97. The number of anilines is 1. The standard InChI is InChI=1S/C19H25N3O4S2/c1-27(23,24)19-14-17(28(20,25)26)8-9-18(19)22-11-5-10-21(12-13-22)15-16-6-3-2-4-7-16/h2-4,6-9,14H,5,10-13,15H2,1H3,(H2,20,25,26). The van der Waals surface area contributed by atoms with E-state index in [0.717, 1.165) is 38.4 Å². The molecule has 0 atom stereocenters. The highest BCUT2D eigenvalue weighted by atomic mass is 32.2. The molecule has 0 unspecified atom stereocenters. The molecule has 1 saturated heterocycles. The van der Waals surface area contributed by atoms with Gasteiger partial charge >= 0.3 is 0 Å². The zero-order valence-corrected chi connectivity index (χ0v) is 17.4. The number of hydrogen-bond acceptors (Lipinski definition) is 6. The molecular weight excluding hydrogens is 398 g/mol. The number of primary sulfonamides is 1. The lowest BCUT2D eigenvalue weighted by Crippen LogP contribution is -2.31. The van der Waals surface area contributed by atoms with E-state index in [0.29, 0.717) is 18.8 Å². The average molecular weight is 424 g/mol. The van der Waals surface area contributed by atoms with Crippen LogP contribution in [0.1, 0.15) is 12.0 Å². The lowest BCUT2D eigenvalue weighted by Gasteiger charge is -2.26. The van der Waals surface area contributed by atoms with Gasteiger partial charge in [0.25, 0.3) is 0 Å². The fourth-order valence-corrected chi connectivity index (χ4v) is 4.97. The molecule has 0 bridgehead atoms. The van der Waals surface area contributed by atoms with Crippen LogP contribution in [0.2, 0.25) is 0 Å². The Morgan fingerprint density at radius 1 is 0.929 bits per heavy atom. The van der Waals surface area contributed by atoms with E-state index in [1.165, 1.54) is 11.6 Å². The third-order valence-electron chi connectivity index (χ3n) is 4.84. The van der Waals surface area contributed by atoms with Crippen LogP contribution < -0.4 is 10.0 Å². The van der Waals surface area contributed by atoms with Crippen molar-refractivity contribution >= 4 is 25.5 Å². The van der Waals surface area contributed by atoms with Gasteiger partial charge in [0.2, 0.25) is 10.0 Å². The van der Waals surface area contributed by atoms with Crippen molar-refractivity contribution in [1.29, 1.82) is 0 Å². The maximum absolute atomic E-state index is 12.3. The Morgan fingerprint density at radius 2 is 1.64 bits per heavy atom. The Bertz CT molecular complexity index is 1040. The molecule has 0 aliphatic carbocycles. The molecule has 1 heterocycles. The molecule has 2 aromatic carbocycles. The van der Waals surface area contributed by atoms with Gasteiger partial charge in [-0.05, 0) is 30.2 Å². The van der Waals surface area contributed by atoms with Gasteiger partial charge in [-0.2, -0.15) is 0 Å². The third-order valence-corrected chi connectivity index (χ3v) is 6.87. The normalized spacial score (nSPS) is 16.7. The topological polar surface area (TPSA) is 101 Å². The Labute approximate surface area is 166 Å². The zero-order chi connectivity index (χ0) is 20.4. The fraction of sp³-hybridized carbons (Fsp3) is 0.368. The Morgan fingerprint density at radius 3 is 2.29 bits per heavy atom. The molecule has 7 nitrogen and oxygen atoms in total. The second kappa shape index (κ2) is 8.20. The number of sulfone groups is 1. The van der Waals surface area contributed by atoms with Crippen molar-refractivity contribution in [1.82, 2.24) is 4.90 Å². The van der Waals surface area contributed by atoms with Gasteiger partial charge in [0.05, 0.1) is 15.5 Å². The highest BCUT2D eigenvalue weighted by Gasteiger charge is 2.23. The van der Waals surface area contributed by atoms with Gasteiger partial charge in [0.15, 0.2) is 9.84 Å². The van der Waals surface area contributed by atoms with Crippen LogP contribution in [-0.4, -0.2) is 54.2 Å². The molecule has 152 valence electrons. The zero-order valence-electron chi connectivity index (χ0n) is 15.8. The van der Waals surface area contributed by atoms with Crippen LogP contribution in [0, 0.1) is 0 Å². The highest BCUT2D eigenvalue weighted by molar-refractivity contribution is 7.91. The van der Waals surface area contributed by atoms with E-state index < -0.39 is 19.9 Å². The lowest BCUT2D eigenvalue weighted by molar-refractivity contribution is 0.285. The van der Waals surface area contributed by atoms with Crippen molar-refractivity contribution in [3.05, 3.63) is 54.1 Å². The van der Waals surface area contributed by atoms with Gasteiger partial charge in [0, 0.05) is 39.0 Å².